The molecule has 3 N–H and O–H groups in total. The first-order chi connectivity index (χ1) is 17.2. The average molecular weight is 539 g/mol. The number of nitrogens with one attached hydrogen (secondary N) is 2. The van der Waals surface area contributed by atoms with Gasteiger partial charge in [-0.15, -0.1) is 0 Å². The van der Waals surface area contributed by atoms with Crippen molar-refractivity contribution in [2.75, 3.05) is 32.1 Å². The zero-order valence-electron chi connectivity index (χ0n) is 23.0. The van der Waals surface area contributed by atoms with Crippen LogP contribution in [0.1, 0.15) is 71.9 Å². The molecule has 0 aromatic carbocycles. The van der Waals surface area contributed by atoms with Crippen molar-refractivity contribution in [2.24, 2.45) is 0 Å². The molecule has 2 aromatic rings. The highest BCUT2D eigenvalue weighted by atomic mass is 32.2. The molecule has 0 spiro atoms. The number of fused-ring (bicyclic) bond motifs is 1. The van der Waals surface area contributed by atoms with Crippen molar-refractivity contribution in [3.63, 3.8) is 0 Å². The molecule has 1 aliphatic carbocycles. The Kier molecular flexibility index (Phi) is 9.01. The minimum atomic E-state index is -3.67. The van der Waals surface area contributed by atoms with Gasteiger partial charge in [-0.25, -0.2) is 4.98 Å². The van der Waals surface area contributed by atoms with Crippen LogP contribution >= 0.6 is 0 Å². The normalized spacial score (nSPS) is 21.6. The number of aromatic nitrogens is 3. The maximum atomic E-state index is 13.1. The fourth-order valence-corrected chi connectivity index (χ4v) is 6.06. The van der Waals surface area contributed by atoms with E-state index in [1.54, 1.807) is 44.7 Å². The van der Waals surface area contributed by atoms with Gasteiger partial charge in [0.05, 0.1) is 17.2 Å². The monoisotopic (exact) mass is 538 g/mol. The Morgan fingerprint density at radius 1 is 1.41 bits per heavy atom. The van der Waals surface area contributed by atoms with Crippen LogP contribution in [-0.2, 0) is 14.9 Å². The molecule has 1 aliphatic rings. The number of pyridine rings is 1. The van der Waals surface area contributed by atoms with Gasteiger partial charge >= 0.3 is 0 Å². The summed E-state index contributed by atoms with van der Waals surface area (Å²) in [5.41, 5.74) is -0.699. The quantitative estimate of drug-likeness (QED) is 0.374. The van der Waals surface area contributed by atoms with Gasteiger partial charge < -0.3 is 15.2 Å². The molecule has 1 unspecified atom stereocenters. The number of ether oxygens (including phenoxy) is 1. The standard InChI is InChI=1S/C25H42N6O5S/c1-8-30(37(34,35)27-16-24(4,5)36-7)13-11-18(3)28-23-26-15-19-14-17(2)22(32)31(21(19)29-23)20-10-9-12-25(20,6)33/h14-15,18,20,27,33H,8-13,16H2,1-7H3,(H,26,28,29)/t18?,20-,25-/m0/s1. The third-order valence-electron chi connectivity index (χ3n) is 7.25. The van der Waals surface area contributed by atoms with Crippen LogP contribution in [0.25, 0.3) is 11.0 Å². The third kappa shape index (κ3) is 6.85. The van der Waals surface area contributed by atoms with E-state index in [1.807, 2.05) is 20.8 Å². The lowest BCUT2D eigenvalue weighted by Gasteiger charge is -2.28. The predicted octanol–water partition coefficient (Wildman–Crippen LogP) is 2.35. The molecule has 0 radical (unpaired) electrons. The maximum absolute atomic E-state index is 13.1. The second-order valence-electron chi connectivity index (χ2n) is 10.9. The Hall–Kier alpha value is -2.12. The minimum Gasteiger partial charge on any atom is -0.388 e. The summed E-state index contributed by atoms with van der Waals surface area (Å²) in [6.07, 6.45) is 4.35. The van der Waals surface area contributed by atoms with Crippen LogP contribution in [0.5, 0.6) is 0 Å². The fourth-order valence-electron chi connectivity index (χ4n) is 4.66. The van der Waals surface area contributed by atoms with Crippen LogP contribution in [0.3, 0.4) is 0 Å². The Morgan fingerprint density at radius 2 is 2.11 bits per heavy atom. The fraction of sp³-hybridized carbons (Fsp3) is 0.720. The molecule has 0 aliphatic heterocycles. The van der Waals surface area contributed by atoms with Gasteiger partial charge in [0, 0.05) is 49.9 Å². The van der Waals surface area contributed by atoms with Crippen molar-refractivity contribution >= 4 is 27.2 Å². The van der Waals surface area contributed by atoms with Crippen molar-refractivity contribution in [1.29, 1.82) is 0 Å². The minimum absolute atomic E-state index is 0.141. The van der Waals surface area contributed by atoms with E-state index < -0.39 is 21.4 Å². The highest BCUT2D eigenvalue weighted by molar-refractivity contribution is 7.87. The van der Waals surface area contributed by atoms with Gasteiger partial charge in [-0.05, 0) is 66.4 Å². The van der Waals surface area contributed by atoms with Crippen molar-refractivity contribution in [3.05, 3.63) is 28.2 Å². The molecular formula is C25H42N6O5S. The Labute approximate surface area is 219 Å². The Morgan fingerprint density at radius 3 is 2.70 bits per heavy atom. The van der Waals surface area contributed by atoms with Crippen molar-refractivity contribution in [1.82, 2.24) is 23.6 Å². The number of nitrogens with zero attached hydrogens (tertiary/aromatic N) is 4. The molecule has 0 saturated heterocycles. The number of anilines is 1. The molecule has 2 aromatic heterocycles. The van der Waals surface area contributed by atoms with Crippen molar-refractivity contribution < 1.29 is 18.3 Å². The van der Waals surface area contributed by atoms with Crippen LogP contribution < -0.4 is 15.6 Å². The number of methoxy groups -OCH3 is 1. The molecular weight excluding hydrogens is 496 g/mol. The molecule has 0 amide bonds. The summed E-state index contributed by atoms with van der Waals surface area (Å²) >= 11 is 0. The number of aryl methyl sites for hydroxylation is 1. The highest BCUT2D eigenvalue weighted by Gasteiger charge is 2.39. The molecule has 37 heavy (non-hydrogen) atoms. The van der Waals surface area contributed by atoms with Gasteiger partial charge in [0.1, 0.15) is 5.65 Å². The summed E-state index contributed by atoms with van der Waals surface area (Å²) < 4.78 is 36.5. The summed E-state index contributed by atoms with van der Waals surface area (Å²) in [6.45, 7) is 11.7. The van der Waals surface area contributed by atoms with E-state index in [1.165, 1.54) is 4.31 Å². The molecule has 1 fully saturated rings. The van der Waals surface area contributed by atoms with Gasteiger partial charge in [-0.3, -0.25) is 9.36 Å². The smallest absolute Gasteiger partial charge is 0.279 e. The summed E-state index contributed by atoms with van der Waals surface area (Å²) in [4.78, 5) is 22.2. The van der Waals surface area contributed by atoms with Gasteiger partial charge in [-0.1, -0.05) is 6.92 Å². The number of hydrogen-bond donors (Lipinski definition) is 3. The van der Waals surface area contributed by atoms with Crippen LogP contribution in [0.2, 0.25) is 0 Å². The van der Waals surface area contributed by atoms with E-state index in [4.69, 9.17) is 4.74 Å². The SMILES string of the molecule is CCN(CCC(C)Nc1ncc2cc(C)c(=O)n([C@H]3CCC[C@]3(C)O)c2n1)S(=O)(=O)NCC(C)(C)OC. The van der Waals surface area contributed by atoms with E-state index >= 15 is 0 Å². The summed E-state index contributed by atoms with van der Waals surface area (Å²) in [7, 11) is -2.12. The predicted molar refractivity (Wildman–Crippen MR) is 145 cm³/mol. The van der Waals surface area contributed by atoms with Crippen molar-refractivity contribution in [2.45, 2.75) is 90.5 Å². The molecule has 11 nitrogen and oxygen atoms in total. The summed E-state index contributed by atoms with van der Waals surface area (Å²) in [5, 5.41) is 14.9. The molecule has 12 heteroatoms. The number of hydrogen-bond acceptors (Lipinski definition) is 8. The van der Waals surface area contributed by atoms with Crippen LogP contribution in [-0.4, -0.2) is 76.4 Å². The van der Waals surface area contributed by atoms with Crippen LogP contribution in [0, 0.1) is 6.92 Å². The zero-order chi connectivity index (χ0) is 27.6. The third-order valence-corrected chi connectivity index (χ3v) is 8.88. The van der Waals surface area contributed by atoms with E-state index in [9.17, 15) is 18.3 Å². The average Bonchev–Trinajstić information content (AvgIpc) is 3.17. The van der Waals surface area contributed by atoms with Gasteiger partial charge in [0.2, 0.25) is 5.95 Å². The molecule has 3 rings (SSSR count). The molecule has 0 bridgehead atoms. The maximum Gasteiger partial charge on any atom is 0.279 e. The first kappa shape index (κ1) is 29.4. The van der Waals surface area contributed by atoms with E-state index in [0.717, 1.165) is 11.8 Å². The van der Waals surface area contributed by atoms with Crippen LogP contribution in [0.4, 0.5) is 5.95 Å². The van der Waals surface area contributed by atoms with Gasteiger partial charge in [0.15, 0.2) is 0 Å². The number of aliphatic hydroxyl groups is 1. The second kappa shape index (κ2) is 11.3. The first-order valence-corrected chi connectivity index (χ1v) is 14.3. The lowest BCUT2D eigenvalue weighted by atomic mass is 9.99. The summed E-state index contributed by atoms with van der Waals surface area (Å²) in [5.74, 6) is 0.348. The van der Waals surface area contributed by atoms with Crippen LogP contribution in [0.15, 0.2) is 17.1 Å². The van der Waals surface area contributed by atoms with E-state index in [2.05, 4.69) is 20.0 Å². The van der Waals surface area contributed by atoms with Gasteiger partial charge in [-0.2, -0.15) is 22.4 Å². The molecule has 3 atom stereocenters. The first-order valence-electron chi connectivity index (χ1n) is 12.9. The van der Waals surface area contributed by atoms with E-state index in [-0.39, 0.29) is 24.2 Å². The Balaban J connectivity index is 1.76. The summed E-state index contributed by atoms with van der Waals surface area (Å²) in [6, 6.07) is 1.27. The highest BCUT2D eigenvalue weighted by Crippen LogP contribution is 2.39. The molecule has 208 valence electrons. The zero-order valence-corrected chi connectivity index (χ0v) is 23.9. The largest absolute Gasteiger partial charge is 0.388 e. The van der Waals surface area contributed by atoms with Crippen molar-refractivity contribution in [3.8, 4) is 0 Å². The van der Waals surface area contributed by atoms with E-state index in [0.29, 0.717) is 49.5 Å². The topological polar surface area (TPSA) is 139 Å². The second-order valence-corrected chi connectivity index (χ2v) is 12.6. The van der Waals surface area contributed by atoms with Gasteiger partial charge in [0.25, 0.3) is 15.8 Å². The Bertz CT molecular complexity index is 1260. The molecule has 2 heterocycles. The lowest BCUT2D eigenvalue weighted by molar-refractivity contribution is 0.0265. The number of rotatable bonds is 12. The molecule has 1 saturated carbocycles. The lowest BCUT2D eigenvalue weighted by Crippen LogP contribution is -2.47.